The summed E-state index contributed by atoms with van der Waals surface area (Å²) in [5.74, 6) is 0.0453. The molecule has 0 saturated carbocycles. The first-order valence-electron chi connectivity index (χ1n) is 6.93. The summed E-state index contributed by atoms with van der Waals surface area (Å²) in [5.41, 5.74) is 3.97. The highest BCUT2D eigenvalue weighted by Crippen LogP contribution is 2.36. The van der Waals surface area contributed by atoms with Crippen molar-refractivity contribution in [3.05, 3.63) is 41.1 Å². The van der Waals surface area contributed by atoms with Crippen molar-refractivity contribution >= 4 is 5.91 Å². The molecule has 3 rings (SSSR count). The molecule has 3 heterocycles. The fourth-order valence-electron chi connectivity index (χ4n) is 3.13. The lowest BCUT2D eigenvalue weighted by atomic mass is 10.0. The molecule has 5 nitrogen and oxygen atoms in total. The molecule has 1 saturated heterocycles. The van der Waals surface area contributed by atoms with Crippen LogP contribution in [-0.2, 0) is 7.05 Å². The van der Waals surface area contributed by atoms with Gasteiger partial charge in [-0.25, -0.2) is 0 Å². The van der Waals surface area contributed by atoms with Gasteiger partial charge in [0.05, 0.1) is 23.6 Å². The minimum atomic E-state index is 0.0453. The monoisotopic (exact) mass is 273 g/mol. The molecule has 106 valence electrons. The Balaban J connectivity index is 1.95. The zero-order valence-corrected chi connectivity index (χ0v) is 12.1. The van der Waals surface area contributed by atoms with Crippen molar-refractivity contribution < 1.29 is 9.21 Å². The highest BCUT2D eigenvalue weighted by atomic mass is 16.3. The van der Waals surface area contributed by atoms with Crippen LogP contribution >= 0.6 is 0 Å². The standard InChI is InChI=1S/C15H19N3O2/c1-10-14(11(2)17(3)16-10)13-5-4-7-18(13)15(19)12-6-8-20-9-12/h6,8-9,13H,4-5,7H2,1-3H3/t13-/m1/s1. The van der Waals surface area contributed by atoms with E-state index in [1.165, 1.54) is 11.8 Å². The quantitative estimate of drug-likeness (QED) is 0.845. The summed E-state index contributed by atoms with van der Waals surface area (Å²) in [6.45, 7) is 4.87. The lowest BCUT2D eigenvalue weighted by molar-refractivity contribution is 0.0734. The molecule has 0 aliphatic carbocycles. The second-order valence-electron chi connectivity index (χ2n) is 5.38. The second-order valence-corrected chi connectivity index (χ2v) is 5.38. The average molecular weight is 273 g/mol. The molecular formula is C15H19N3O2. The van der Waals surface area contributed by atoms with Gasteiger partial charge in [-0.3, -0.25) is 9.48 Å². The molecule has 0 radical (unpaired) electrons. The van der Waals surface area contributed by atoms with Crippen LogP contribution in [-0.4, -0.2) is 27.1 Å². The maximum atomic E-state index is 12.6. The SMILES string of the molecule is Cc1nn(C)c(C)c1[C@H]1CCCN1C(=O)c1ccoc1. The first-order valence-corrected chi connectivity index (χ1v) is 6.93. The van der Waals surface area contributed by atoms with Gasteiger partial charge in [-0.1, -0.05) is 0 Å². The Morgan fingerprint density at radius 3 is 2.85 bits per heavy atom. The molecule has 1 aliphatic rings. The first kappa shape index (κ1) is 13.0. The van der Waals surface area contributed by atoms with Gasteiger partial charge in [0, 0.05) is 24.8 Å². The Hall–Kier alpha value is -2.04. The largest absolute Gasteiger partial charge is 0.472 e. The molecule has 0 aromatic carbocycles. The van der Waals surface area contributed by atoms with Crippen LogP contribution in [0.25, 0.3) is 0 Å². The summed E-state index contributed by atoms with van der Waals surface area (Å²) in [4.78, 5) is 14.5. The predicted molar refractivity (Wildman–Crippen MR) is 74.4 cm³/mol. The maximum Gasteiger partial charge on any atom is 0.257 e. The Kier molecular flexibility index (Phi) is 3.12. The third kappa shape index (κ3) is 1.94. The number of amides is 1. The fraction of sp³-hybridized carbons (Fsp3) is 0.467. The van der Waals surface area contributed by atoms with E-state index in [4.69, 9.17) is 4.42 Å². The predicted octanol–water partition coefficient (Wildman–Crippen LogP) is 2.61. The van der Waals surface area contributed by atoms with E-state index in [0.29, 0.717) is 5.56 Å². The Labute approximate surface area is 118 Å². The van der Waals surface area contributed by atoms with Crippen molar-refractivity contribution in [1.82, 2.24) is 14.7 Å². The van der Waals surface area contributed by atoms with E-state index >= 15 is 0 Å². The fourth-order valence-corrected chi connectivity index (χ4v) is 3.13. The molecule has 1 aliphatic heterocycles. The molecular weight excluding hydrogens is 254 g/mol. The van der Waals surface area contributed by atoms with Crippen LogP contribution in [0.4, 0.5) is 0 Å². The number of hydrogen-bond donors (Lipinski definition) is 0. The normalized spacial score (nSPS) is 18.8. The average Bonchev–Trinajstić information content (AvgIpc) is 3.12. The Bertz CT molecular complexity index is 628. The number of aromatic nitrogens is 2. The Morgan fingerprint density at radius 1 is 1.45 bits per heavy atom. The van der Waals surface area contributed by atoms with Gasteiger partial charge in [-0.15, -0.1) is 0 Å². The first-order chi connectivity index (χ1) is 9.59. The van der Waals surface area contributed by atoms with Crippen molar-refractivity contribution in [2.45, 2.75) is 32.7 Å². The molecule has 0 spiro atoms. The van der Waals surface area contributed by atoms with Crippen molar-refractivity contribution in [2.24, 2.45) is 7.05 Å². The maximum absolute atomic E-state index is 12.6. The summed E-state index contributed by atoms with van der Waals surface area (Å²) >= 11 is 0. The number of likely N-dealkylation sites (tertiary alicyclic amines) is 1. The van der Waals surface area contributed by atoms with E-state index in [-0.39, 0.29) is 11.9 Å². The number of hydrogen-bond acceptors (Lipinski definition) is 3. The smallest absolute Gasteiger partial charge is 0.257 e. The summed E-state index contributed by atoms with van der Waals surface area (Å²) in [5, 5.41) is 4.47. The van der Waals surface area contributed by atoms with Crippen LogP contribution in [0, 0.1) is 13.8 Å². The number of carbonyl (C=O) groups is 1. The van der Waals surface area contributed by atoms with Crippen LogP contribution < -0.4 is 0 Å². The van der Waals surface area contributed by atoms with Gasteiger partial charge in [0.2, 0.25) is 0 Å². The van der Waals surface area contributed by atoms with Crippen LogP contribution in [0.1, 0.15) is 46.2 Å². The van der Waals surface area contributed by atoms with Gasteiger partial charge in [-0.2, -0.15) is 5.10 Å². The highest BCUT2D eigenvalue weighted by Gasteiger charge is 2.34. The van der Waals surface area contributed by atoms with Gasteiger partial charge in [0.1, 0.15) is 6.26 Å². The van der Waals surface area contributed by atoms with E-state index in [0.717, 1.165) is 30.8 Å². The van der Waals surface area contributed by atoms with E-state index in [1.54, 1.807) is 12.3 Å². The van der Waals surface area contributed by atoms with Gasteiger partial charge < -0.3 is 9.32 Å². The molecule has 5 heteroatoms. The van der Waals surface area contributed by atoms with Gasteiger partial charge in [-0.05, 0) is 32.8 Å². The third-order valence-corrected chi connectivity index (χ3v) is 4.18. The molecule has 0 bridgehead atoms. The Morgan fingerprint density at radius 2 is 2.25 bits per heavy atom. The van der Waals surface area contributed by atoms with Crippen molar-refractivity contribution in [1.29, 1.82) is 0 Å². The van der Waals surface area contributed by atoms with Crippen molar-refractivity contribution in [2.75, 3.05) is 6.54 Å². The van der Waals surface area contributed by atoms with E-state index < -0.39 is 0 Å². The minimum absolute atomic E-state index is 0.0453. The molecule has 1 amide bonds. The van der Waals surface area contributed by atoms with Gasteiger partial charge >= 0.3 is 0 Å². The molecule has 1 atom stereocenters. The lowest BCUT2D eigenvalue weighted by Crippen LogP contribution is -2.30. The zero-order chi connectivity index (χ0) is 14.3. The number of furan rings is 1. The topological polar surface area (TPSA) is 51.3 Å². The molecule has 2 aromatic rings. The van der Waals surface area contributed by atoms with E-state index in [9.17, 15) is 4.79 Å². The molecule has 20 heavy (non-hydrogen) atoms. The van der Waals surface area contributed by atoms with Gasteiger partial charge in [0.25, 0.3) is 5.91 Å². The summed E-state index contributed by atoms with van der Waals surface area (Å²) in [6.07, 6.45) is 5.08. The number of aryl methyl sites for hydroxylation is 2. The molecule has 0 unspecified atom stereocenters. The van der Waals surface area contributed by atoms with Crippen LogP contribution in [0.2, 0.25) is 0 Å². The molecule has 2 aromatic heterocycles. The summed E-state index contributed by atoms with van der Waals surface area (Å²) in [6, 6.07) is 1.85. The van der Waals surface area contributed by atoms with Crippen molar-refractivity contribution in [3.63, 3.8) is 0 Å². The van der Waals surface area contributed by atoms with Crippen LogP contribution in [0.3, 0.4) is 0 Å². The minimum Gasteiger partial charge on any atom is -0.472 e. The second kappa shape index (κ2) is 4.81. The molecule has 0 N–H and O–H groups in total. The third-order valence-electron chi connectivity index (χ3n) is 4.18. The van der Waals surface area contributed by atoms with Crippen LogP contribution in [0.15, 0.2) is 23.0 Å². The summed E-state index contributed by atoms with van der Waals surface area (Å²) < 4.78 is 6.92. The van der Waals surface area contributed by atoms with E-state index in [1.807, 2.05) is 23.6 Å². The molecule has 1 fully saturated rings. The number of rotatable bonds is 2. The van der Waals surface area contributed by atoms with Crippen LogP contribution in [0.5, 0.6) is 0 Å². The van der Waals surface area contributed by atoms with Crippen molar-refractivity contribution in [3.8, 4) is 0 Å². The van der Waals surface area contributed by atoms with E-state index in [2.05, 4.69) is 12.0 Å². The zero-order valence-electron chi connectivity index (χ0n) is 12.1. The number of nitrogens with zero attached hydrogens (tertiary/aromatic N) is 3. The highest BCUT2D eigenvalue weighted by molar-refractivity contribution is 5.94. The summed E-state index contributed by atoms with van der Waals surface area (Å²) in [7, 11) is 1.95. The number of carbonyl (C=O) groups excluding carboxylic acids is 1. The lowest BCUT2D eigenvalue weighted by Gasteiger charge is -2.25. The van der Waals surface area contributed by atoms with Gasteiger partial charge in [0.15, 0.2) is 0 Å².